The Balaban J connectivity index is 1.53. The Bertz CT molecular complexity index is 971. The van der Waals surface area contributed by atoms with Crippen molar-refractivity contribution in [2.24, 2.45) is 0 Å². The zero-order valence-electron chi connectivity index (χ0n) is 15.0. The highest BCUT2D eigenvalue weighted by atomic mass is 16.5. The summed E-state index contributed by atoms with van der Waals surface area (Å²) in [6.45, 7) is 1.59. The molecule has 1 fully saturated rings. The molecule has 0 spiro atoms. The van der Waals surface area contributed by atoms with Crippen LogP contribution in [0.25, 0.3) is 22.3 Å². The van der Waals surface area contributed by atoms with Crippen molar-refractivity contribution in [1.29, 1.82) is 0 Å². The Hall–Kier alpha value is -3.23. The molecule has 0 bridgehead atoms. The van der Waals surface area contributed by atoms with Gasteiger partial charge in [0.2, 0.25) is 24.0 Å². The molecule has 0 radical (unpaired) electrons. The number of aromatic nitrogens is 4. The first-order valence-electron chi connectivity index (χ1n) is 8.87. The van der Waals surface area contributed by atoms with Crippen molar-refractivity contribution in [3.8, 4) is 11.4 Å². The Morgan fingerprint density at radius 1 is 1.37 bits per heavy atom. The maximum Gasteiger partial charge on any atom is 0.241 e. The van der Waals surface area contributed by atoms with Crippen molar-refractivity contribution < 1.29 is 14.1 Å². The summed E-state index contributed by atoms with van der Waals surface area (Å²) in [5.74, 6) is 1.20. The van der Waals surface area contributed by atoms with E-state index in [1.165, 1.54) is 0 Å². The second kappa shape index (κ2) is 7.18. The summed E-state index contributed by atoms with van der Waals surface area (Å²) < 4.78 is 7.07. The van der Waals surface area contributed by atoms with E-state index in [2.05, 4.69) is 20.6 Å². The van der Waals surface area contributed by atoms with E-state index in [4.69, 9.17) is 4.52 Å². The number of carbonyl (C=O) groups is 2. The van der Waals surface area contributed by atoms with Gasteiger partial charge in [-0.25, -0.2) is 0 Å². The molecule has 140 valence electrons. The van der Waals surface area contributed by atoms with Crippen LogP contribution in [0, 0.1) is 0 Å². The monoisotopic (exact) mass is 368 g/mol. The fraction of sp³-hybridized carbons (Fsp3) is 0.389. The Kier molecular flexibility index (Phi) is 4.57. The van der Waals surface area contributed by atoms with Gasteiger partial charge in [-0.1, -0.05) is 17.3 Å². The Labute approximate surface area is 155 Å². The van der Waals surface area contributed by atoms with Crippen LogP contribution in [0.3, 0.4) is 0 Å². The van der Waals surface area contributed by atoms with Crippen molar-refractivity contribution in [2.75, 3.05) is 20.1 Å². The van der Waals surface area contributed by atoms with E-state index < -0.39 is 0 Å². The first-order chi connectivity index (χ1) is 13.2. The fourth-order valence-corrected chi connectivity index (χ4v) is 3.28. The first kappa shape index (κ1) is 17.2. The van der Waals surface area contributed by atoms with Gasteiger partial charge in [-0.05, 0) is 18.9 Å². The summed E-state index contributed by atoms with van der Waals surface area (Å²) in [5, 5.41) is 12.1. The van der Waals surface area contributed by atoms with Crippen LogP contribution in [0.2, 0.25) is 0 Å². The van der Waals surface area contributed by atoms with Crippen LogP contribution in [0.15, 0.2) is 28.9 Å². The first-order valence-corrected chi connectivity index (χ1v) is 8.87. The summed E-state index contributed by atoms with van der Waals surface area (Å²) in [7, 11) is 1.60. The maximum absolute atomic E-state index is 11.5. The molecule has 1 aromatic carbocycles. The summed E-state index contributed by atoms with van der Waals surface area (Å²) in [5.41, 5.74) is 1.58. The lowest BCUT2D eigenvalue weighted by molar-refractivity contribution is -0.121. The van der Waals surface area contributed by atoms with E-state index in [1.807, 2.05) is 24.4 Å². The third-order valence-electron chi connectivity index (χ3n) is 4.87. The molecule has 9 nitrogen and oxygen atoms in total. The summed E-state index contributed by atoms with van der Waals surface area (Å²) in [6.07, 6.45) is 4.36. The number of amides is 2. The van der Waals surface area contributed by atoms with Crippen molar-refractivity contribution >= 4 is 23.2 Å². The number of carbonyl (C=O) groups excluding carboxylic acids is 2. The van der Waals surface area contributed by atoms with Gasteiger partial charge in [0.25, 0.3) is 0 Å². The molecular weight excluding hydrogens is 348 g/mol. The van der Waals surface area contributed by atoms with Gasteiger partial charge in [-0.2, -0.15) is 10.1 Å². The van der Waals surface area contributed by atoms with Crippen LogP contribution in [-0.2, 0) is 16.1 Å². The van der Waals surface area contributed by atoms with Crippen molar-refractivity contribution in [3.63, 3.8) is 0 Å². The van der Waals surface area contributed by atoms with Crippen LogP contribution >= 0.6 is 0 Å². The average Bonchev–Trinajstić information content (AvgIpc) is 3.34. The summed E-state index contributed by atoms with van der Waals surface area (Å²) in [4.78, 5) is 28.6. The van der Waals surface area contributed by atoms with Crippen LogP contribution < -0.4 is 5.32 Å². The second-order valence-corrected chi connectivity index (χ2v) is 6.65. The van der Waals surface area contributed by atoms with Gasteiger partial charge >= 0.3 is 0 Å². The molecule has 27 heavy (non-hydrogen) atoms. The van der Waals surface area contributed by atoms with Gasteiger partial charge in [0.05, 0.1) is 5.52 Å². The molecular formula is C18H20N6O3. The lowest BCUT2D eigenvalue weighted by Crippen LogP contribution is -2.31. The van der Waals surface area contributed by atoms with E-state index in [0.29, 0.717) is 24.8 Å². The van der Waals surface area contributed by atoms with Gasteiger partial charge in [-0.15, -0.1) is 0 Å². The molecule has 3 heterocycles. The van der Waals surface area contributed by atoms with E-state index in [-0.39, 0.29) is 18.4 Å². The number of piperidine rings is 1. The predicted molar refractivity (Wildman–Crippen MR) is 96.7 cm³/mol. The predicted octanol–water partition coefficient (Wildman–Crippen LogP) is 1.17. The number of likely N-dealkylation sites (N-methyl/N-ethyl adjacent to an activating group) is 1. The van der Waals surface area contributed by atoms with Crippen LogP contribution in [0.5, 0.6) is 0 Å². The van der Waals surface area contributed by atoms with Gasteiger partial charge in [0.1, 0.15) is 6.54 Å². The highest BCUT2D eigenvalue weighted by Gasteiger charge is 2.25. The van der Waals surface area contributed by atoms with Gasteiger partial charge in [-0.3, -0.25) is 14.3 Å². The van der Waals surface area contributed by atoms with Crippen LogP contribution in [0.4, 0.5) is 0 Å². The summed E-state index contributed by atoms with van der Waals surface area (Å²) >= 11 is 0. The number of benzene rings is 1. The minimum absolute atomic E-state index is 0.105. The number of hydrogen-bond acceptors (Lipinski definition) is 6. The SMILES string of the molecule is CNC(=O)Cn1cc2ccc(-c3noc(C4CCN(C=O)CC4)n3)cc2n1. The van der Waals surface area contributed by atoms with E-state index in [0.717, 1.165) is 35.7 Å². The molecule has 3 aromatic rings. The largest absolute Gasteiger partial charge is 0.358 e. The lowest BCUT2D eigenvalue weighted by Gasteiger charge is -2.26. The number of nitrogens with zero attached hydrogens (tertiary/aromatic N) is 5. The zero-order chi connectivity index (χ0) is 18.8. The smallest absolute Gasteiger partial charge is 0.241 e. The molecule has 2 amide bonds. The van der Waals surface area contributed by atoms with E-state index in [1.54, 1.807) is 16.6 Å². The molecule has 1 aliphatic rings. The number of hydrogen-bond donors (Lipinski definition) is 1. The lowest BCUT2D eigenvalue weighted by atomic mass is 9.97. The van der Waals surface area contributed by atoms with Crippen molar-refractivity contribution in [3.05, 3.63) is 30.3 Å². The van der Waals surface area contributed by atoms with E-state index in [9.17, 15) is 9.59 Å². The molecule has 0 saturated carbocycles. The van der Waals surface area contributed by atoms with Gasteiger partial charge in [0.15, 0.2) is 0 Å². The van der Waals surface area contributed by atoms with Gasteiger partial charge in [0, 0.05) is 43.2 Å². The highest BCUT2D eigenvalue weighted by molar-refractivity contribution is 5.83. The standard InChI is InChI=1S/C18H20N6O3/c1-19-16(26)10-24-9-14-3-2-13(8-15(14)21-24)17-20-18(27-22-17)12-4-6-23(11-25)7-5-12/h2-3,8-9,11-12H,4-7,10H2,1H3,(H,19,26). The van der Waals surface area contributed by atoms with Crippen molar-refractivity contribution in [1.82, 2.24) is 30.1 Å². The minimum Gasteiger partial charge on any atom is -0.358 e. The third-order valence-corrected chi connectivity index (χ3v) is 4.87. The fourth-order valence-electron chi connectivity index (χ4n) is 3.28. The number of nitrogens with one attached hydrogen (secondary N) is 1. The average molecular weight is 368 g/mol. The number of fused-ring (bicyclic) bond motifs is 1. The molecule has 1 N–H and O–H groups in total. The number of likely N-dealkylation sites (tertiary alicyclic amines) is 1. The molecule has 0 unspecified atom stereocenters. The third kappa shape index (κ3) is 3.53. The highest BCUT2D eigenvalue weighted by Crippen LogP contribution is 2.28. The topological polar surface area (TPSA) is 106 Å². The Morgan fingerprint density at radius 2 is 2.19 bits per heavy atom. The van der Waals surface area contributed by atoms with Crippen LogP contribution in [0.1, 0.15) is 24.7 Å². The van der Waals surface area contributed by atoms with Crippen LogP contribution in [-0.4, -0.2) is 57.3 Å². The quantitative estimate of drug-likeness (QED) is 0.678. The molecule has 0 aliphatic carbocycles. The number of rotatable bonds is 5. The minimum atomic E-state index is -0.105. The zero-order valence-corrected chi connectivity index (χ0v) is 15.0. The maximum atomic E-state index is 11.5. The molecule has 4 rings (SSSR count). The van der Waals surface area contributed by atoms with E-state index >= 15 is 0 Å². The Morgan fingerprint density at radius 3 is 2.93 bits per heavy atom. The van der Waals surface area contributed by atoms with Crippen molar-refractivity contribution in [2.45, 2.75) is 25.3 Å². The molecule has 0 atom stereocenters. The molecule has 9 heteroatoms. The molecule has 1 aliphatic heterocycles. The molecule has 2 aromatic heterocycles. The normalized spacial score (nSPS) is 15.2. The van der Waals surface area contributed by atoms with Gasteiger partial charge < -0.3 is 14.7 Å². The second-order valence-electron chi connectivity index (χ2n) is 6.65. The molecule has 1 saturated heterocycles. The summed E-state index contributed by atoms with van der Waals surface area (Å²) in [6, 6.07) is 5.73.